The standard InChI is InChI=1S/C18H23ClN4OS/c1-6-12(7-2)13-8-10(3)20-18-15(11(4)22-23(13)18)16-17(19)21-14(25-16)9-24-5/h8,12H,6-7,9H2,1-5H3. The normalized spacial score (nSPS) is 11.8. The third kappa shape index (κ3) is 3.30. The lowest BCUT2D eigenvalue weighted by molar-refractivity contribution is 0.184. The predicted molar refractivity (Wildman–Crippen MR) is 103 cm³/mol. The second-order valence-electron chi connectivity index (χ2n) is 6.19. The first-order chi connectivity index (χ1) is 12.0. The first-order valence-electron chi connectivity index (χ1n) is 8.51. The molecule has 3 aromatic rings. The topological polar surface area (TPSA) is 52.3 Å². The van der Waals surface area contributed by atoms with E-state index in [4.69, 9.17) is 26.4 Å². The van der Waals surface area contributed by atoms with Crippen LogP contribution in [-0.2, 0) is 11.3 Å². The number of fused-ring (bicyclic) bond motifs is 1. The SMILES string of the molecule is CCC(CC)c1cc(C)nc2c(-c3sc(COC)nc3Cl)c(C)nn12. The molecule has 0 aliphatic carbocycles. The summed E-state index contributed by atoms with van der Waals surface area (Å²) in [4.78, 5) is 10.1. The van der Waals surface area contributed by atoms with Gasteiger partial charge in [0, 0.05) is 24.4 Å². The third-order valence-electron chi connectivity index (χ3n) is 4.45. The van der Waals surface area contributed by atoms with Crippen LogP contribution < -0.4 is 0 Å². The van der Waals surface area contributed by atoms with Gasteiger partial charge >= 0.3 is 0 Å². The van der Waals surface area contributed by atoms with Crippen molar-refractivity contribution >= 4 is 28.6 Å². The highest BCUT2D eigenvalue weighted by Crippen LogP contribution is 2.39. The molecule has 0 radical (unpaired) electrons. The molecule has 134 valence electrons. The molecule has 0 unspecified atom stereocenters. The Morgan fingerprint density at radius 2 is 1.96 bits per heavy atom. The number of nitrogens with zero attached hydrogens (tertiary/aromatic N) is 4. The minimum atomic E-state index is 0.452. The fourth-order valence-electron chi connectivity index (χ4n) is 3.22. The molecule has 0 fully saturated rings. The summed E-state index contributed by atoms with van der Waals surface area (Å²) in [7, 11) is 1.66. The van der Waals surface area contributed by atoms with E-state index in [1.165, 1.54) is 5.69 Å². The second kappa shape index (κ2) is 7.40. The number of halogens is 1. The van der Waals surface area contributed by atoms with Crippen molar-refractivity contribution in [2.45, 2.75) is 53.1 Å². The summed E-state index contributed by atoms with van der Waals surface area (Å²) in [5.41, 5.74) is 4.95. The Morgan fingerprint density at radius 1 is 1.24 bits per heavy atom. The van der Waals surface area contributed by atoms with E-state index in [2.05, 4.69) is 24.9 Å². The van der Waals surface area contributed by atoms with Crippen molar-refractivity contribution in [3.63, 3.8) is 0 Å². The molecule has 3 heterocycles. The second-order valence-corrected chi connectivity index (χ2v) is 7.63. The quantitative estimate of drug-likeness (QED) is 0.593. The maximum atomic E-state index is 6.42. The molecule has 0 aromatic carbocycles. The molecule has 0 saturated carbocycles. The van der Waals surface area contributed by atoms with Crippen molar-refractivity contribution in [1.29, 1.82) is 0 Å². The van der Waals surface area contributed by atoms with Crippen LogP contribution in [0.4, 0.5) is 0 Å². The first kappa shape index (κ1) is 18.3. The summed E-state index contributed by atoms with van der Waals surface area (Å²) >= 11 is 7.96. The van der Waals surface area contributed by atoms with Crippen LogP contribution >= 0.6 is 22.9 Å². The Labute approximate surface area is 157 Å². The average molecular weight is 379 g/mol. The van der Waals surface area contributed by atoms with Gasteiger partial charge in [-0.2, -0.15) is 5.10 Å². The summed E-state index contributed by atoms with van der Waals surface area (Å²) < 4.78 is 7.17. The zero-order valence-electron chi connectivity index (χ0n) is 15.3. The van der Waals surface area contributed by atoms with Gasteiger partial charge in [-0.1, -0.05) is 25.4 Å². The van der Waals surface area contributed by atoms with Gasteiger partial charge in [-0.3, -0.25) is 0 Å². The molecule has 0 saturated heterocycles. The van der Waals surface area contributed by atoms with Gasteiger partial charge in [0.25, 0.3) is 0 Å². The number of rotatable bonds is 6. The largest absolute Gasteiger partial charge is 0.378 e. The lowest BCUT2D eigenvalue weighted by Crippen LogP contribution is -2.07. The van der Waals surface area contributed by atoms with Crippen LogP contribution in [0.3, 0.4) is 0 Å². The molecule has 0 aliphatic rings. The number of aryl methyl sites for hydroxylation is 2. The molecule has 0 amide bonds. The minimum Gasteiger partial charge on any atom is -0.378 e. The fourth-order valence-corrected chi connectivity index (χ4v) is 4.60. The summed E-state index contributed by atoms with van der Waals surface area (Å²) in [5, 5.41) is 6.13. The first-order valence-corrected chi connectivity index (χ1v) is 9.70. The molecule has 0 aliphatic heterocycles. The number of ether oxygens (including phenoxy) is 1. The van der Waals surface area contributed by atoms with Crippen molar-refractivity contribution in [2.24, 2.45) is 0 Å². The fraction of sp³-hybridized carbons (Fsp3) is 0.500. The van der Waals surface area contributed by atoms with Crippen LogP contribution in [0.2, 0.25) is 5.15 Å². The number of thiazole rings is 1. The van der Waals surface area contributed by atoms with E-state index in [9.17, 15) is 0 Å². The molecular weight excluding hydrogens is 356 g/mol. The predicted octanol–water partition coefficient (Wildman–Crippen LogP) is 5.17. The zero-order valence-corrected chi connectivity index (χ0v) is 16.8. The van der Waals surface area contributed by atoms with Gasteiger partial charge in [0.1, 0.15) is 10.2 Å². The Balaban J connectivity index is 2.25. The number of aromatic nitrogens is 4. The van der Waals surface area contributed by atoms with Crippen LogP contribution in [0, 0.1) is 13.8 Å². The monoisotopic (exact) mass is 378 g/mol. The van der Waals surface area contributed by atoms with Gasteiger partial charge in [0.05, 0.1) is 22.7 Å². The molecule has 25 heavy (non-hydrogen) atoms. The van der Waals surface area contributed by atoms with Crippen LogP contribution in [0.1, 0.15) is 54.7 Å². The van der Waals surface area contributed by atoms with Crippen molar-refractivity contribution in [3.8, 4) is 10.4 Å². The number of hydrogen-bond donors (Lipinski definition) is 0. The Hall–Kier alpha value is -1.50. The van der Waals surface area contributed by atoms with E-state index >= 15 is 0 Å². The van der Waals surface area contributed by atoms with Gasteiger partial charge in [-0.25, -0.2) is 14.5 Å². The lowest BCUT2D eigenvalue weighted by Gasteiger charge is -2.15. The van der Waals surface area contributed by atoms with E-state index in [-0.39, 0.29) is 0 Å². The molecular formula is C18H23ClN4OS. The third-order valence-corrected chi connectivity index (χ3v) is 5.88. The van der Waals surface area contributed by atoms with E-state index in [1.807, 2.05) is 18.4 Å². The molecule has 0 atom stereocenters. The van der Waals surface area contributed by atoms with Crippen molar-refractivity contribution in [2.75, 3.05) is 7.11 Å². The minimum absolute atomic E-state index is 0.452. The maximum Gasteiger partial charge on any atom is 0.164 e. The highest BCUT2D eigenvalue weighted by Gasteiger charge is 2.23. The van der Waals surface area contributed by atoms with Crippen molar-refractivity contribution in [3.05, 3.63) is 33.3 Å². The smallest absolute Gasteiger partial charge is 0.164 e. The van der Waals surface area contributed by atoms with Gasteiger partial charge in [0.15, 0.2) is 5.65 Å². The van der Waals surface area contributed by atoms with E-state index in [1.54, 1.807) is 18.4 Å². The van der Waals surface area contributed by atoms with Gasteiger partial charge in [0.2, 0.25) is 0 Å². The Bertz CT molecular complexity index is 898. The van der Waals surface area contributed by atoms with Gasteiger partial charge in [-0.05, 0) is 32.8 Å². The molecule has 7 heteroatoms. The van der Waals surface area contributed by atoms with Crippen LogP contribution in [0.15, 0.2) is 6.07 Å². The summed E-state index contributed by atoms with van der Waals surface area (Å²) in [6.45, 7) is 8.91. The van der Waals surface area contributed by atoms with E-state index in [0.717, 1.165) is 45.3 Å². The van der Waals surface area contributed by atoms with Gasteiger partial charge in [-0.15, -0.1) is 11.3 Å². The average Bonchev–Trinajstić information content (AvgIpc) is 3.08. The lowest BCUT2D eigenvalue weighted by atomic mass is 9.98. The summed E-state index contributed by atoms with van der Waals surface area (Å²) in [6.07, 6.45) is 2.14. The number of methoxy groups -OCH3 is 1. The molecule has 0 bridgehead atoms. The summed E-state index contributed by atoms with van der Waals surface area (Å²) in [5.74, 6) is 0.456. The highest BCUT2D eigenvalue weighted by atomic mass is 35.5. The highest BCUT2D eigenvalue weighted by molar-refractivity contribution is 7.15. The zero-order chi connectivity index (χ0) is 18.1. The molecule has 5 nitrogen and oxygen atoms in total. The van der Waals surface area contributed by atoms with Crippen molar-refractivity contribution < 1.29 is 4.74 Å². The van der Waals surface area contributed by atoms with Crippen LogP contribution in [-0.4, -0.2) is 26.7 Å². The Morgan fingerprint density at radius 3 is 2.60 bits per heavy atom. The molecule has 0 spiro atoms. The maximum absolute atomic E-state index is 6.42. The van der Waals surface area contributed by atoms with E-state index < -0.39 is 0 Å². The number of hydrogen-bond acceptors (Lipinski definition) is 5. The molecule has 3 aromatic heterocycles. The van der Waals surface area contributed by atoms with Crippen LogP contribution in [0.5, 0.6) is 0 Å². The Kier molecular flexibility index (Phi) is 5.41. The molecule has 3 rings (SSSR count). The van der Waals surface area contributed by atoms with Crippen molar-refractivity contribution in [1.82, 2.24) is 19.6 Å². The van der Waals surface area contributed by atoms with E-state index in [0.29, 0.717) is 17.7 Å². The van der Waals surface area contributed by atoms with Crippen LogP contribution in [0.25, 0.3) is 16.1 Å². The summed E-state index contributed by atoms with van der Waals surface area (Å²) in [6, 6.07) is 2.14. The van der Waals surface area contributed by atoms with Gasteiger partial charge < -0.3 is 4.74 Å². The molecule has 0 N–H and O–H groups in total.